The molecule has 0 saturated carbocycles. The fourth-order valence-electron chi connectivity index (χ4n) is 2.44. The van der Waals surface area contributed by atoms with E-state index in [1.54, 1.807) is 30.1 Å². The number of nitrogens with one attached hydrogen (secondary N) is 1. The molecule has 1 aromatic carbocycles. The van der Waals surface area contributed by atoms with E-state index in [-0.39, 0.29) is 18.2 Å². The molecule has 0 aliphatic carbocycles. The number of carboxylic acids is 1. The zero-order valence-corrected chi connectivity index (χ0v) is 14.0. The van der Waals surface area contributed by atoms with Crippen molar-refractivity contribution in [3.05, 3.63) is 18.2 Å². The molecule has 1 rings (SSSR count). The van der Waals surface area contributed by atoms with E-state index >= 15 is 0 Å². The van der Waals surface area contributed by atoms with Crippen molar-refractivity contribution in [3.8, 4) is 5.75 Å². The first-order valence-electron chi connectivity index (χ1n) is 7.42. The smallest absolute Gasteiger partial charge is 0.304 e. The van der Waals surface area contributed by atoms with Crippen LogP contribution >= 0.6 is 0 Å². The second kappa shape index (κ2) is 8.38. The zero-order valence-electron chi connectivity index (χ0n) is 14.0. The van der Waals surface area contributed by atoms with Gasteiger partial charge in [0, 0.05) is 18.3 Å². The van der Waals surface area contributed by atoms with Crippen LogP contribution in [0.3, 0.4) is 0 Å². The van der Waals surface area contributed by atoms with Crippen LogP contribution < -0.4 is 15.8 Å². The van der Waals surface area contributed by atoms with Crippen LogP contribution in [0.5, 0.6) is 5.75 Å². The second-order valence-electron chi connectivity index (χ2n) is 5.76. The first-order valence-corrected chi connectivity index (χ1v) is 7.42. The van der Waals surface area contributed by atoms with E-state index in [1.165, 1.54) is 7.11 Å². The number of anilines is 2. The number of methoxy groups -OCH3 is 1. The van der Waals surface area contributed by atoms with Gasteiger partial charge in [-0.05, 0) is 25.1 Å². The molecule has 1 atom stereocenters. The lowest BCUT2D eigenvalue weighted by atomic mass is 10.0. The molecule has 0 aliphatic heterocycles. The molecular weight excluding hydrogens is 298 g/mol. The van der Waals surface area contributed by atoms with Crippen LogP contribution in [0.25, 0.3) is 0 Å². The maximum Gasteiger partial charge on any atom is 0.304 e. The first kappa shape index (κ1) is 18.8. The number of likely N-dealkylation sites (N-methyl/N-ethyl adjacent to an activating group) is 1. The SMILES string of the molecule is COc1cc(N)ccc1NC(=O)C(C(C)C)N(C)CCC(=O)O. The molecule has 0 spiro atoms. The van der Waals surface area contributed by atoms with Gasteiger partial charge in [-0.25, -0.2) is 0 Å². The largest absolute Gasteiger partial charge is 0.494 e. The Hall–Kier alpha value is -2.28. The summed E-state index contributed by atoms with van der Waals surface area (Å²) < 4.78 is 5.22. The van der Waals surface area contributed by atoms with Gasteiger partial charge in [-0.2, -0.15) is 0 Å². The highest BCUT2D eigenvalue weighted by Gasteiger charge is 2.27. The molecule has 0 aromatic heterocycles. The van der Waals surface area contributed by atoms with Crippen molar-refractivity contribution >= 4 is 23.3 Å². The highest BCUT2D eigenvalue weighted by molar-refractivity contribution is 5.96. The van der Waals surface area contributed by atoms with Crippen LogP contribution in [-0.4, -0.2) is 48.6 Å². The average molecular weight is 323 g/mol. The average Bonchev–Trinajstić information content (AvgIpc) is 2.46. The van der Waals surface area contributed by atoms with Crippen LogP contribution in [0, 0.1) is 5.92 Å². The third-order valence-corrected chi connectivity index (χ3v) is 3.54. The fraction of sp³-hybridized carbons (Fsp3) is 0.500. The Morgan fingerprint density at radius 1 is 1.39 bits per heavy atom. The summed E-state index contributed by atoms with van der Waals surface area (Å²) in [5, 5.41) is 11.6. The maximum absolute atomic E-state index is 12.6. The number of hydrogen-bond donors (Lipinski definition) is 3. The Balaban J connectivity index is 2.88. The fourth-order valence-corrected chi connectivity index (χ4v) is 2.44. The summed E-state index contributed by atoms with van der Waals surface area (Å²) in [7, 11) is 3.25. The van der Waals surface area contributed by atoms with Crippen molar-refractivity contribution in [1.82, 2.24) is 4.90 Å². The van der Waals surface area contributed by atoms with Crippen molar-refractivity contribution < 1.29 is 19.4 Å². The Morgan fingerprint density at radius 3 is 2.57 bits per heavy atom. The molecule has 0 fully saturated rings. The molecule has 128 valence electrons. The van der Waals surface area contributed by atoms with Crippen LogP contribution in [0.2, 0.25) is 0 Å². The molecule has 23 heavy (non-hydrogen) atoms. The number of nitrogens with two attached hydrogens (primary N) is 1. The van der Waals surface area contributed by atoms with Gasteiger partial charge in [0.1, 0.15) is 5.75 Å². The van der Waals surface area contributed by atoms with Crippen molar-refractivity contribution in [1.29, 1.82) is 0 Å². The lowest BCUT2D eigenvalue weighted by Gasteiger charge is -2.29. The van der Waals surface area contributed by atoms with Gasteiger partial charge in [-0.1, -0.05) is 13.8 Å². The zero-order chi connectivity index (χ0) is 17.6. The number of ether oxygens (including phenoxy) is 1. The van der Waals surface area contributed by atoms with Gasteiger partial charge in [0.2, 0.25) is 5.91 Å². The van der Waals surface area contributed by atoms with Crippen molar-refractivity contribution in [2.24, 2.45) is 5.92 Å². The summed E-state index contributed by atoms with van der Waals surface area (Å²) in [6, 6.07) is 4.54. The number of aliphatic carboxylic acids is 1. The number of carbonyl (C=O) groups is 2. The minimum Gasteiger partial charge on any atom is -0.494 e. The van der Waals surface area contributed by atoms with E-state index in [4.69, 9.17) is 15.6 Å². The summed E-state index contributed by atoms with van der Waals surface area (Å²) in [5.41, 5.74) is 6.77. The molecule has 0 heterocycles. The quantitative estimate of drug-likeness (QED) is 0.628. The predicted molar refractivity (Wildman–Crippen MR) is 89.5 cm³/mol. The molecule has 7 heteroatoms. The lowest BCUT2D eigenvalue weighted by Crippen LogP contribution is -2.46. The number of rotatable bonds is 8. The monoisotopic (exact) mass is 323 g/mol. The molecular formula is C16H25N3O4. The summed E-state index contributed by atoms with van der Waals surface area (Å²) in [6.45, 7) is 4.13. The third-order valence-electron chi connectivity index (χ3n) is 3.54. The van der Waals surface area contributed by atoms with Gasteiger partial charge in [-0.15, -0.1) is 0 Å². The highest BCUT2D eigenvalue weighted by atomic mass is 16.5. The summed E-state index contributed by atoms with van der Waals surface area (Å²) in [6.07, 6.45) is -0.0157. The summed E-state index contributed by atoms with van der Waals surface area (Å²) >= 11 is 0. The van der Waals surface area contributed by atoms with Gasteiger partial charge < -0.3 is 20.9 Å². The minimum atomic E-state index is -0.889. The van der Waals surface area contributed by atoms with Crippen LogP contribution in [0.15, 0.2) is 18.2 Å². The van der Waals surface area contributed by atoms with E-state index in [0.29, 0.717) is 23.7 Å². The van der Waals surface area contributed by atoms with Crippen LogP contribution in [0.4, 0.5) is 11.4 Å². The number of carboxylic acid groups (broad SMARTS) is 1. The Morgan fingerprint density at radius 2 is 2.04 bits per heavy atom. The lowest BCUT2D eigenvalue weighted by molar-refractivity contribution is -0.138. The van der Waals surface area contributed by atoms with Gasteiger partial charge in [0.05, 0.1) is 25.3 Å². The summed E-state index contributed by atoms with van der Waals surface area (Å²) in [5.74, 6) is -0.599. The molecule has 0 aliphatic rings. The number of benzene rings is 1. The summed E-state index contributed by atoms with van der Waals surface area (Å²) in [4.78, 5) is 25.1. The second-order valence-corrected chi connectivity index (χ2v) is 5.76. The number of nitrogen functional groups attached to an aromatic ring is 1. The van der Waals surface area contributed by atoms with Crippen LogP contribution in [-0.2, 0) is 9.59 Å². The van der Waals surface area contributed by atoms with Gasteiger partial charge in [0.25, 0.3) is 0 Å². The predicted octanol–water partition coefficient (Wildman–Crippen LogP) is 1.65. The van der Waals surface area contributed by atoms with Crippen LogP contribution in [0.1, 0.15) is 20.3 Å². The van der Waals surface area contributed by atoms with Gasteiger partial charge in [-0.3, -0.25) is 14.5 Å². The van der Waals surface area contributed by atoms with E-state index in [9.17, 15) is 9.59 Å². The molecule has 0 saturated heterocycles. The molecule has 1 amide bonds. The molecule has 0 radical (unpaired) electrons. The van der Waals surface area contributed by atoms with E-state index in [1.807, 2.05) is 13.8 Å². The third kappa shape index (κ3) is 5.45. The van der Waals surface area contributed by atoms with Crippen molar-refractivity contribution in [2.45, 2.75) is 26.3 Å². The number of carbonyl (C=O) groups excluding carboxylic acids is 1. The molecule has 4 N–H and O–H groups in total. The van der Waals surface area contributed by atoms with E-state index < -0.39 is 12.0 Å². The minimum absolute atomic E-state index is 0.0157. The molecule has 0 bridgehead atoms. The maximum atomic E-state index is 12.6. The van der Waals surface area contributed by atoms with E-state index in [2.05, 4.69) is 5.32 Å². The molecule has 1 unspecified atom stereocenters. The molecule has 1 aromatic rings. The standard InChI is InChI=1S/C16H25N3O4/c1-10(2)15(19(3)8-7-14(20)21)16(22)18-12-6-5-11(17)9-13(12)23-4/h5-6,9-10,15H,7-8,17H2,1-4H3,(H,18,22)(H,20,21). The number of hydrogen-bond acceptors (Lipinski definition) is 5. The van der Waals surface area contributed by atoms with Gasteiger partial charge in [0.15, 0.2) is 0 Å². The Kier molecular flexibility index (Phi) is 6.84. The van der Waals surface area contributed by atoms with Crippen molar-refractivity contribution in [2.75, 3.05) is 31.8 Å². The highest BCUT2D eigenvalue weighted by Crippen LogP contribution is 2.27. The number of amides is 1. The normalized spacial score (nSPS) is 12.3. The topological polar surface area (TPSA) is 105 Å². The number of nitrogens with zero attached hydrogens (tertiary/aromatic N) is 1. The van der Waals surface area contributed by atoms with Gasteiger partial charge >= 0.3 is 5.97 Å². The van der Waals surface area contributed by atoms with Crippen molar-refractivity contribution in [3.63, 3.8) is 0 Å². The Bertz CT molecular complexity index is 560. The Labute approximate surface area is 136 Å². The van der Waals surface area contributed by atoms with E-state index in [0.717, 1.165) is 0 Å². The molecule has 7 nitrogen and oxygen atoms in total. The first-order chi connectivity index (χ1) is 10.8.